The summed E-state index contributed by atoms with van der Waals surface area (Å²) in [5.41, 5.74) is 6.12. The molecule has 1 aromatic carbocycles. The Balaban J connectivity index is 2.42. The van der Waals surface area contributed by atoms with E-state index in [2.05, 4.69) is 6.92 Å². The number of hydrogen-bond acceptors (Lipinski definition) is 5. The van der Waals surface area contributed by atoms with Gasteiger partial charge < -0.3 is 15.2 Å². The molecule has 0 amide bonds. The molecule has 118 valence electrons. The number of ether oxygens (including phenoxy) is 2. The van der Waals surface area contributed by atoms with Gasteiger partial charge in [0.05, 0.1) is 19.9 Å². The Morgan fingerprint density at radius 2 is 1.71 bits per heavy atom. The number of nitrogen functional groups attached to an aromatic ring is 1. The largest absolute Gasteiger partial charge is 0.495 e. The average molecular weight is 314 g/mol. The van der Waals surface area contributed by atoms with Gasteiger partial charge in [0, 0.05) is 19.2 Å². The van der Waals surface area contributed by atoms with Gasteiger partial charge in [-0.2, -0.15) is 4.31 Å². The fraction of sp³-hybridized carbons (Fsp3) is 0.571. The van der Waals surface area contributed by atoms with Gasteiger partial charge in [0.15, 0.2) is 0 Å². The molecule has 0 unspecified atom stereocenters. The van der Waals surface area contributed by atoms with Gasteiger partial charge in [-0.05, 0) is 24.8 Å². The molecular formula is C14H22N2O4S. The minimum atomic E-state index is -3.60. The van der Waals surface area contributed by atoms with Gasteiger partial charge in [-0.25, -0.2) is 8.42 Å². The van der Waals surface area contributed by atoms with Crippen LogP contribution >= 0.6 is 0 Å². The van der Waals surface area contributed by atoms with Crippen molar-refractivity contribution < 1.29 is 17.9 Å². The van der Waals surface area contributed by atoms with Gasteiger partial charge in [-0.3, -0.25) is 0 Å². The standard InChI is InChI=1S/C14H22N2O4S/c1-10-4-6-16(7-5-10)21(17,18)14-8-11(15)12(19-2)9-13(14)20-3/h8-10H,4-7,15H2,1-3H3. The third kappa shape index (κ3) is 3.08. The quantitative estimate of drug-likeness (QED) is 0.856. The SMILES string of the molecule is COc1cc(OC)c(S(=O)(=O)N2CCC(C)CC2)cc1N. The molecule has 2 N–H and O–H groups in total. The summed E-state index contributed by atoms with van der Waals surface area (Å²) in [4.78, 5) is 0.0952. The minimum absolute atomic E-state index is 0.0952. The first-order valence-corrected chi connectivity index (χ1v) is 8.35. The van der Waals surface area contributed by atoms with E-state index in [4.69, 9.17) is 15.2 Å². The predicted octanol–water partition coefficient (Wildman–Crippen LogP) is 1.71. The number of benzene rings is 1. The number of anilines is 1. The minimum Gasteiger partial charge on any atom is -0.495 e. The highest BCUT2D eigenvalue weighted by Crippen LogP contribution is 2.36. The summed E-state index contributed by atoms with van der Waals surface area (Å²) in [7, 11) is -0.693. The van der Waals surface area contributed by atoms with Crippen molar-refractivity contribution in [3.05, 3.63) is 12.1 Å². The number of rotatable bonds is 4. The van der Waals surface area contributed by atoms with Crippen LogP contribution in [0.5, 0.6) is 11.5 Å². The molecule has 1 aliphatic rings. The molecule has 1 aromatic rings. The molecular weight excluding hydrogens is 292 g/mol. The fourth-order valence-electron chi connectivity index (χ4n) is 2.46. The lowest BCUT2D eigenvalue weighted by atomic mass is 10.0. The van der Waals surface area contributed by atoms with E-state index in [0.717, 1.165) is 12.8 Å². The predicted molar refractivity (Wildman–Crippen MR) is 81.1 cm³/mol. The first-order valence-electron chi connectivity index (χ1n) is 6.91. The molecule has 0 bridgehead atoms. The summed E-state index contributed by atoms with van der Waals surface area (Å²) in [6, 6.07) is 2.92. The van der Waals surface area contributed by atoms with Crippen molar-refractivity contribution in [3.63, 3.8) is 0 Å². The summed E-state index contributed by atoms with van der Waals surface area (Å²) in [5.74, 6) is 1.21. The Morgan fingerprint density at radius 3 is 2.24 bits per heavy atom. The van der Waals surface area contributed by atoms with Crippen LogP contribution in [0.15, 0.2) is 17.0 Å². The molecule has 1 saturated heterocycles. The van der Waals surface area contributed by atoms with Crippen molar-refractivity contribution in [2.45, 2.75) is 24.7 Å². The fourth-order valence-corrected chi connectivity index (χ4v) is 4.10. The zero-order chi connectivity index (χ0) is 15.6. The van der Waals surface area contributed by atoms with Crippen LogP contribution in [0.3, 0.4) is 0 Å². The zero-order valence-corrected chi connectivity index (χ0v) is 13.4. The van der Waals surface area contributed by atoms with E-state index < -0.39 is 10.0 Å². The highest BCUT2D eigenvalue weighted by atomic mass is 32.2. The van der Waals surface area contributed by atoms with Crippen LogP contribution in [-0.4, -0.2) is 40.0 Å². The highest BCUT2D eigenvalue weighted by molar-refractivity contribution is 7.89. The Hall–Kier alpha value is -1.47. The van der Waals surface area contributed by atoms with Gasteiger partial charge in [0.2, 0.25) is 10.0 Å². The molecule has 0 atom stereocenters. The monoisotopic (exact) mass is 314 g/mol. The number of piperidine rings is 1. The van der Waals surface area contributed by atoms with E-state index in [-0.39, 0.29) is 16.3 Å². The van der Waals surface area contributed by atoms with Crippen LogP contribution in [0.1, 0.15) is 19.8 Å². The Labute approximate surface area is 125 Å². The smallest absolute Gasteiger partial charge is 0.246 e. The Morgan fingerprint density at radius 1 is 1.14 bits per heavy atom. The summed E-state index contributed by atoms with van der Waals surface area (Å²) in [6.07, 6.45) is 1.74. The van der Waals surface area contributed by atoms with E-state index in [1.165, 1.54) is 30.7 Å². The Kier molecular flexibility index (Phi) is 4.63. The van der Waals surface area contributed by atoms with Crippen molar-refractivity contribution >= 4 is 15.7 Å². The number of nitrogens with two attached hydrogens (primary N) is 1. The Bertz CT molecular complexity index is 608. The van der Waals surface area contributed by atoms with Crippen molar-refractivity contribution in [2.75, 3.05) is 33.0 Å². The summed E-state index contributed by atoms with van der Waals surface area (Å²) in [5, 5.41) is 0. The van der Waals surface area contributed by atoms with Gasteiger partial charge in [-0.1, -0.05) is 6.92 Å². The molecule has 2 rings (SSSR count). The molecule has 1 fully saturated rings. The zero-order valence-electron chi connectivity index (χ0n) is 12.6. The van der Waals surface area contributed by atoms with Crippen LogP contribution in [0, 0.1) is 5.92 Å². The first kappa shape index (κ1) is 15.9. The van der Waals surface area contributed by atoms with Gasteiger partial charge in [-0.15, -0.1) is 0 Å². The third-order valence-corrected chi connectivity index (χ3v) is 5.80. The molecule has 0 radical (unpaired) electrons. The second kappa shape index (κ2) is 6.11. The van der Waals surface area contributed by atoms with Crippen molar-refractivity contribution in [1.29, 1.82) is 0 Å². The second-order valence-corrected chi connectivity index (χ2v) is 7.24. The van der Waals surface area contributed by atoms with Crippen molar-refractivity contribution in [3.8, 4) is 11.5 Å². The third-order valence-electron chi connectivity index (χ3n) is 3.88. The number of nitrogens with zero attached hydrogens (tertiary/aromatic N) is 1. The lowest BCUT2D eigenvalue weighted by Gasteiger charge is -2.30. The van der Waals surface area contributed by atoms with Crippen LogP contribution in [0.25, 0.3) is 0 Å². The van der Waals surface area contributed by atoms with Crippen LogP contribution in [0.2, 0.25) is 0 Å². The van der Waals surface area contributed by atoms with E-state index in [0.29, 0.717) is 24.8 Å². The molecule has 0 aromatic heterocycles. The van der Waals surface area contributed by atoms with Gasteiger partial charge >= 0.3 is 0 Å². The number of methoxy groups -OCH3 is 2. The molecule has 0 spiro atoms. The number of hydrogen-bond donors (Lipinski definition) is 1. The maximum atomic E-state index is 12.8. The second-order valence-electron chi connectivity index (χ2n) is 5.33. The van der Waals surface area contributed by atoms with Crippen LogP contribution in [-0.2, 0) is 10.0 Å². The van der Waals surface area contributed by atoms with Crippen LogP contribution < -0.4 is 15.2 Å². The number of sulfonamides is 1. The molecule has 6 nitrogen and oxygen atoms in total. The van der Waals surface area contributed by atoms with Crippen molar-refractivity contribution in [1.82, 2.24) is 4.31 Å². The molecule has 21 heavy (non-hydrogen) atoms. The molecule has 0 saturated carbocycles. The highest BCUT2D eigenvalue weighted by Gasteiger charge is 2.31. The maximum absolute atomic E-state index is 12.8. The van der Waals surface area contributed by atoms with Crippen LogP contribution in [0.4, 0.5) is 5.69 Å². The van der Waals surface area contributed by atoms with Crippen molar-refractivity contribution in [2.24, 2.45) is 5.92 Å². The first-order chi connectivity index (χ1) is 9.90. The van der Waals surface area contributed by atoms with Gasteiger partial charge in [0.25, 0.3) is 0 Å². The van der Waals surface area contributed by atoms with E-state index >= 15 is 0 Å². The lowest BCUT2D eigenvalue weighted by molar-refractivity contribution is 0.286. The molecule has 1 aliphatic heterocycles. The maximum Gasteiger partial charge on any atom is 0.246 e. The van der Waals surface area contributed by atoms with E-state index in [1.54, 1.807) is 0 Å². The van der Waals surface area contributed by atoms with Gasteiger partial charge in [0.1, 0.15) is 16.4 Å². The summed E-state index contributed by atoms with van der Waals surface area (Å²) >= 11 is 0. The van der Waals surface area contributed by atoms with E-state index in [1.807, 2.05) is 0 Å². The van der Waals surface area contributed by atoms with E-state index in [9.17, 15) is 8.42 Å². The average Bonchev–Trinajstić information content (AvgIpc) is 2.47. The molecule has 7 heteroatoms. The molecule has 0 aliphatic carbocycles. The molecule has 1 heterocycles. The lowest BCUT2D eigenvalue weighted by Crippen LogP contribution is -2.38. The normalized spacial score (nSPS) is 17.7. The summed E-state index contributed by atoms with van der Waals surface area (Å²) < 4.78 is 37.3. The summed E-state index contributed by atoms with van der Waals surface area (Å²) in [6.45, 7) is 3.19. The topological polar surface area (TPSA) is 81.9 Å².